The van der Waals surface area contributed by atoms with Gasteiger partial charge in [-0.1, -0.05) is 0 Å². The van der Waals surface area contributed by atoms with Crippen LogP contribution in [0, 0.1) is 0 Å². The Balaban J connectivity index is 0.00000280. The maximum Gasteiger partial charge on any atom is 0.194 e. The summed E-state index contributed by atoms with van der Waals surface area (Å²) in [4.78, 5) is 9.58. The summed E-state index contributed by atoms with van der Waals surface area (Å²) in [5, 5.41) is 7.67. The van der Waals surface area contributed by atoms with Crippen molar-refractivity contribution in [1.29, 1.82) is 0 Å². The normalized spacial score (nSPS) is 14.6. The minimum absolute atomic E-state index is 0. The summed E-state index contributed by atoms with van der Waals surface area (Å²) >= 11 is 0. The Morgan fingerprint density at radius 1 is 1.18 bits per heavy atom. The minimum atomic E-state index is 0. The molecule has 2 aromatic rings. The van der Waals surface area contributed by atoms with Crippen LogP contribution >= 0.6 is 24.0 Å². The van der Waals surface area contributed by atoms with Crippen LogP contribution in [-0.2, 0) is 6.54 Å². The molecule has 0 unspecified atom stereocenters. The lowest BCUT2D eigenvalue weighted by molar-refractivity contribution is 0.372. The first-order valence-electron chi connectivity index (χ1n) is 9.70. The van der Waals surface area contributed by atoms with E-state index in [2.05, 4.69) is 39.3 Å². The van der Waals surface area contributed by atoms with E-state index in [4.69, 9.17) is 9.73 Å². The number of nitrogens with one attached hydrogen (secondary N) is 1. The number of halogens is 1. The molecule has 2 heterocycles. The van der Waals surface area contributed by atoms with Gasteiger partial charge in [0.25, 0.3) is 0 Å². The molecule has 8 heteroatoms. The van der Waals surface area contributed by atoms with Gasteiger partial charge in [0, 0.05) is 63.9 Å². The van der Waals surface area contributed by atoms with E-state index in [1.54, 1.807) is 7.11 Å². The average Bonchev–Trinajstić information content (AvgIpc) is 3.24. The van der Waals surface area contributed by atoms with Gasteiger partial charge in [-0.3, -0.25) is 9.67 Å². The van der Waals surface area contributed by atoms with Crippen molar-refractivity contribution < 1.29 is 4.74 Å². The third kappa shape index (κ3) is 6.29. The quantitative estimate of drug-likeness (QED) is 0.276. The summed E-state index contributed by atoms with van der Waals surface area (Å²) in [6.07, 6.45) is 4.80. The Bertz CT molecular complexity index is 696. The standard InChI is InChI=1S/C20H30N6O.HI/c1-3-21-20(22-10-4-12-26-13-5-11-23-26)25-16-14-24(15-17-25)18-6-8-19(27-2)9-7-18;/h5-9,11,13H,3-4,10,12,14-17H2,1-2H3,(H,21,22);1H. The summed E-state index contributed by atoms with van der Waals surface area (Å²) in [6, 6.07) is 10.3. The topological polar surface area (TPSA) is 57.9 Å². The van der Waals surface area contributed by atoms with Crippen LogP contribution in [0.25, 0.3) is 0 Å². The molecule has 0 bridgehead atoms. The Morgan fingerprint density at radius 2 is 1.93 bits per heavy atom. The van der Waals surface area contributed by atoms with Gasteiger partial charge in [0.15, 0.2) is 5.96 Å². The van der Waals surface area contributed by atoms with Gasteiger partial charge < -0.3 is 19.9 Å². The highest BCUT2D eigenvalue weighted by atomic mass is 127. The first-order valence-corrected chi connectivity index (χ1v) is 9.70. The molecule has 0 atom stereocenters. The lowest BCUT2D eigenvalue weighted by Crippen LogP contribution is -2.52. The van der Waals surface area contributed by atoms with Gasteiger partial charge in [-0.05, 0) is 43.7 Å². The third-order valence-corrected chi connectivity index (χ3v) is 4.72. The van der Waals surface area contributed by atoms with Crippen LogP contribution in [0.1, 0.15) is 13.3 Å². The number of aryl methyl sites for hydroxylation is 1. The summed E-state index contributed by atoms with van der Waals surface area (Å²) in [5.74, 6) is 1.92. The fourth-order valence-electron chi connectivity index (χ4n) is 3.25. The first kappa shape index (κ1) is 22.3. The van der Waals surface area contributed by atoms with Crippen molar-refractivity contribution in [3.8, 4) is 5.75 Å². The van der Waals surface area contributed by atoms with Crippen LogP contribution < -0.4 is 15.0 Å². The van der Waals surface area contributed by atoms with Crippen LogP contribution in [0.5, 0.6) is 5.75 Å². The molecule has 0 spiro atoms. The van der Waals surface area contributed by atoms with Gasteiger partial charge in [-0.15, -0.1) is 24.0 Å². The Morgan fingerprint density at radius 3 is 2.54 bits per heavy atom. The largest absolute Gasteiger partial charge is 0.497 e. The van der Waals surface area contributed by atoms with Crippen molar-refractivity contribution in [3.05, 3.63) is 42.7 Å². The Hall–Kier alpha value is -1.97. The monoisotopic (exact) mass is 498 g/mol. The number of benzene rings is 1. The molecule has 0 amide bonds. The molecule has 3 rings (SSSR count). The highest BCUT2D eigenvalue weighted by Gasteiger charge is 2.19. The molecule has 1 aliphatic heterocycles. The number of rotatable bonds is 7. The highest BCUT2D eigenvalue weighted by molar-refractivity contribution is 14.0. The van der Waals surface area contributed by atoms with E-state index >= 15 is 0 Å². The van der Waals surface area contributed by atoms with Crippen molar-refractivity contribution >= 4 is 35.6 Å². The summed E-state index contributed by atoms with van der Waals surface area (Å²) in [7, 11) is 1.70. The molecular weight excluding hydrogens is 467 g/mol. The number of methoxy groups -OCH3 is 1. The fraction of sp³-hybridized carbons (Fsp3) is 0.500. The summed E-state index contributed by atoms with van der Waals surface area (Å²) in [6.45, 7) is 8.63. The van der Waals surface area contributed by atoms with E-state index in [0.29, 0.717) is 0 Å². The second kappa shape index (κ2) is 11.8. The number of aliphatic imine (C=N–C) groups is 1. The van der Waals surface area contributed by atoms with E-state index < -0.39 is 0 Å². The molecule has 7 nitrogen and oxygen atoms in total. The fourth-order valence-corrected chi connectivity index (χ4v) is 3.25. The molecule has 1 fully saturated rings. The number of anilines is 1. The zero-order chi connectivity index (χ0) is 18.9. The molecule has 0 saturated carbocycles. The third-order valence-electron chi connectivity index (χ3n) is 4.72. The smallest absolute Gasteiger partial charge is 0.194 e. The molecule has 1 N–H and O–H groups in total. The molecule has 1 saturated heterocycles. The zero-order valence-electron chi connectivity index (χ0n) is 16.8. The van der Waals surface area contributed by atoms with E-state index in [1.165, 1.54) is 5.69 Å². The van der Waals surface area contributed by atoms with Crippen LogP contribution in [0.15, 0.2) is 47.7 Å². The minimum Gasteiger partial charge on any atom is -0.497 e. The molecule has 1 aromatic heterocycles. The molecular formula is C20H31IN6O. The number of guanidine groups is 1. The zero-order valence-corrected chi connectivity index (χ0v) is 19.1. The Kier molecular flexibility index (Phi) is 9.39. The molecule has 0 radical (unpaired) electrons. The lowest BCUT2D eigenvalue weighted by Gasteiger charge is -2.37. The van der Waals surface area contributed by atoms with Crippen molar-refractivity contribution in [2.24, 2.45) is 4.99 Å². The molecule has 1 aliphatic rings. The van der Waals surface area contributed by atoms with Gasteiger partial charge in [0.2, 0.25) is 0 Å². The van der Waals surface area contributed by atoms with Gasteiger partial charge in [-0.2, -0.15) is 5.10 Å². The number of piperazine rings is 1. The predicted molar refractivity (Wildman–Crippen MR) is 125 cm³/mol. The molecule has 0 aliphatic carbocycles. The van der Waals surface area contributed by atoms with Crippen molar-refractivity contribution in [2.45, 2.75) is 19.9 Å². The van der Waals surface area contributed by atoms with Crippen molar-refractivity contribution in [1.82, 2.24) is 20.0 Å². The van der Waals surface area contributed by atoms with Gasteiger partial charge in [0.05, 0.1) is 7.11 Å². The molecule has 1 aromatic carbocycles. The van der Waals surface area contributed by atoms with Gasteiger partial charge in [0.1, 0.15) is 5.75 Å². The number of hydrogen-bond acceptors (Lipinski definition) is 4. The van der Waals surface area contributed by atoms with Gasteiger partial charge >= 0.3 is 0 Å². The van der Waals surface area contributed by atoms with E-state index in [0.717, 1.165) is 63.9 Å². The predicted octanol–water partition coefficient (Wildman–Crippen LogP) is 2.69. The van der Waals surface area contributed by atoms with Crippen LogP contribution in [0.3, 0.4) is 0 Å². The Labute approximate surface area is 184 Å². The number of hydrogen-bond donors (Lipinski definition) is 1. The number of aromatic nitrogens is 2. The average molecular weight is 498 g/mol. The lowest BCUT2D eigenvalue weighted by atomic mass is 10.2. The summed E-state index contributed by atoms with van der Waals surface area (Å²) < 4.78 is 7.20. The van der Waals surface area contributed by atoms with Crippen LogP contribution in [0.2, 0.25) is 0 Å². The SMILES string of the molecule is CCNC(=NCCCn1cccn1)N1CCN(c2ccc(OC)cc2)CC1.I. The van der Waals surface area contributed by atoms with Crippen molar-refractivity contribution in [2.75, 3.05) is 51.3 Å². The maximum absolute atomic E-state index is 5.25. The van der Waals surface area contributed by atoms with Gasteiger partial charge in [-0.25, -0.2) is 0 Å². The van der Waals surface area contributed by atoms with E-state index in [-0.39, 0.29) is 24.0 Å². The van der Waals surface area contributed by atoms with Crippen molar-refractivity contribution in [3.63, 3.8) is 0 Å². The second-order valence-electron chi connectivity index (χ2n) is 6.53. The first-order chi connectivity index (χ1) is 13.3. The summed E-state index contributed by atoms with van der Waals surface area (Å²) in [5.41, 5.74) is 1.25. The highest BCUT2D eigenvalue weighted by Crippen LogP contribution is 2.20. The molecule has 28 heavy (non-hydrogen) atoms. The second-order valence-corrected chi connectivity index (χ2v) is 6.53. The van der Waals surface area contributed by atoms with Crippen LogP contribution in [-0.4, -0.2) is 67.0 Å². The number of nitrogens with zero attached hydrogens (tertiary/aromatic N) is 5. The van der Waals surface area contributed by atoms with E-state index in [9.17, 15) is 0 Å². The molecule has 154 valence electrons. The number of ether oxygens (including phenoxy) is 1. The van der Waals surface area contributed by atoms with Crippen LogP contribution in [0.4, 0.5) is 5.69 Å². The maximum atomic E-state index is 5.25. The van der Waals surface area contributed by atoms with E-state index in [1.807, 2.05) is 35.3 Å².